The topological polar surface area (TPSA) is 54.4 Å². The Morgan fingerprint density at radius 3 is 2.56 bits per heavy atom. The van der Waals surface area contributed by atoms with Gasteiger partial charge in [-0.1, -0.05) is 88.7 Å². The molecule has 1 aromatic heterocycles. The summed E-state index contributed by atoms with van der Waals surface area (Å²) in [4.78, 5) is 4.81. The highest BCUT2D eigenvalue weighted by Crippen LogP contribution is 2.48. The van der Waals surface area contributed by atoms with Gasteiger partial charge in [-0.3, -0.25) is 0 Å². The molecule has 0 aliphatic carbocycles. The number of rotatable bonds is 8. The Hall–Kier alpha value is -3.25. The number of hydrogen-bond acceptors (Lipinski definition) is 4. The van der Waals surface area contributed by atoms with Crippen molar-refractivity contribution in [3.63, 3.8) is 0 Å². The van der Waals surface area contributed by atoms with Crippen LogP contribution in [0.1, 0.15) is 33.1 Å². The summed E-state index contributed by atoms with van der Waals surface area (Å²) in [5.74, 6) is -0.227. The van der Waals surface area contributed by atoms with Gasteiger partial charge in [0.1, 0.15) is 5.60 Å². The molecule has 2 N–H and O–H groups in total. The van der Waals surface area contributed by atoms with E-state index in [-0.39, 0.29) is 13.0 Å². The number of ether oxygens (including phenoxy) is 1. The minimum absolute atomic E-state index is 0.0639. The van der Waals surface area contributed by atoms with Crippen LogP contribution in [0.25, 0.3) is 21.7 Å². The molecule has 0 aliphatic heterocycles. The van der Waals surface area contributed by atoms with E-state index in [0.717, 1.165) is 31.7 Å². The highest BCUT2D eigenvalue weighted by Gasteiger charge is 2.42. The van der Waals surface area contributed by atoms with E-state index >= 15 is 0 Å². The van der Waals surface area contributed by atoms with E-state index in [9.17, 15) is 5.11 Å². The lowest BCUT2D eigenvalue weighted by Gasteiger charge is -2.39. The Labute approximate surface area is 224 Å². The van der Waals surface area contributed by atoms with Crippen molar-refractivity contribution in [2.45, 2.75) is 17.9 Å². The van der Waals surface area contributed by atoms with Crippen molar-refractivity contribution in [1.29, 1.82) is 0 Å². The lowest BCUT2D eigenvalue weighted by molar-refractivity contribution is 0.0118. The third kappa shape index (κ3) is 4.50. The summed E-state index contributed by atoms with van der Waals surface area (Å²) >= 11 is 3.56. The van der Waals surface area contributed by atoms with Crippen LogP contribution in [-0.4, -0.2) is 30.7 Å². The monoisotopic (exact) mass is 544 g/mol. The molecular weight excluding hydrogens is 513 g/mol. The number of hydrogen-bond donors (Lipinski definition) is 2. The van der Waals surface area contributed by atoms with Gasteiger partial charge in [-0.05, 0) is 66.1 Å². The molecule has 4 nitrogen and oxygen atoms in total. The van der Waals surface area contributed by atoms with Crippen LogP contribution in [0.5, 0.6) is 5.88 Å². The number of aromatic nitrogens is 1. The molecule has 0 amide bonds. The van der Waals surface area contributed by atoms with Crippen LogP contribution in [0.3, 0.4) is 0 Å². The van der Waals surface area contributed by atoms with Crippen molar-refractivity contribution < 1.29 is 14.0 Å². The Morgan fingerprint density at radius 2 is 1.75 bits per heavy atom. The summed E-state index contributed by atoms with van der Waals surface area (Å²) in [6, 6.07) is 31.3. The van der Waals surface area contributed by atoms with Gasteiger partial charge in [-0.2, -0.15) is 0 Å². The Balaban J connectivity index is 1.80. The van der Waals surface area contributed by atoms with E-state index in [0.29, 0.717) is 17.0 Å². The number of nitrogens with one attached hydrogen (secondary N) is 1. The zero-order chi connectivity index (χ0) is 27.6. The first kappa shape index (κ1) is 20.9. The quantitative estimate of drug-likeness (QED) is 0.211. The van der Waals surface area contributed by atoms with Crippen LogP contribution in [-0.2, 0) is 5.60 Å². The predicted octanol–water partition coefficient (Wildman–Crippen LogP) is 6.79. The van der Waals surface area contributed by atoms with E-state index in [1.807, 2.05) is 97.1 Å². The van der Waals surface area contributed by atoms with Crippen molar-refractivity contribution in [3.8, 4) is 5.88 Å². The van der Waals surface area contributed by atoms with Crippen molar-refractivity contribution in [3.05, 3.63) is 118 Å². The first-order chi connectivity index (χ1) is 18.7. The van der Waals surface area contributed by atoms with Crippen LogP contribution in [0.2, 0.25) is 0 Å². The molecule has 0 bridgehead atoms. The lowest BCUT2D eigenvalue weighted by Crippen LogP contribution is -2.37. The SMILES string of the molecule is [2H][13C]([2H])([2H])NCC[C@@](O)(c1cccc2ccccc12)[C@H](c1ccccc1)c1cc2cc(Br)ccc2nc1OC. The number of halogens is 1. The van der Waals surface area contributed by atoms with E-state index in [1.54, 1.807) is 7.11 Å². The minimum Gasteiger partial charge on any atom is -0.481 e. The maximum atomic E-state index is 13.0. The zero-order valence-electron chi connectivity index (χ0n) is 22.9. The van der Waals surface area contributed by atoms with Gasteiger partial charge in [0, 0.05) is 25.5 Å². The van der Waals surface area contributed by atoms with Gasteiger partial charge >= 0.3 is 0 Å². The summed E-state index contributed by atoms with van der Waals surface area (Å²) in [5.41, 5.74) is 1.51. The second-order valence-electron chi connectivity index (χ2n) is 8.90. The number of aliphatic hydroxyl groups is 1. The molecule has 0 aliphatic rings. The first-order valence-electron chi connectivity index (χ1n) is 13.3. The third-order valence-corrected chi connectivity index (χ3v) is 7.26. The summed E-state index contributed by atoms with van der Waals surface area (Å²) < 4.78 is 29.8. The van der Waals surface area contributed by atoms with E-state index < -0.39 is 18.5 Å². The molecule has 0 radical (unpaired) electrons. The van der Waals surface area contributed by atoms with Crippen molar-refractivity contribution in [2.75, 3.05) is 20.6 Å². The predicted molar refractivity (Wildman–Crippen MR) is 151 cm³/mol. The molecule has 0 spiro atoms. The Morgan fingerprint density at radius 1 is 0.972 bits per heavy atom. The maximum absolute atomic E-state index is 13.0. The normalized spacial score (nSPS) is 15.6. The fraction of sp³-hybridized carbons (Fsp3) is 0.194. The zero-order valence-corrected chi connectivity index (χ0v) is 21.5. The van der Waals surface area contributed by atoms with Gasteiger partial charge in [-0.15, -0.1) is 0 Å². The molecule has 0 unspecified atom stereocenters. The molecule has 0 fully saturated rings. The van der Waals surface area contributed by atoms with Crippen LogP contribution in [0, 0.1) is 0 Å². The standard InChI is InChI=1S/C31H29BrN2O2/c1-33-18-17-31(35,27-14-8-12-21-9-6-7-13-25(21)27)29(22-10-4-3-5-11-22)26-20-23-19-24(32)15-16-28(23)34-30(26)36-2/h3-16,19-20,29,33,35H,17-18H2,1-2H3/t29-,31-/m1/s1/i1+1D3. The highest BCUT2D eigenvalue weighted by atomic mass is 79.9. The van der Waals surface area contributed by atoms with Gasteiger partial charge < -0.3 is 15.2 Å². The van der Waals surface area contributed by atoms with Crippen molar-refractivity contribution >= 4 is 37.6 Å². The Bertz CT molecular complexity index is 1610. The van der Waals surface area contributed by atoms with Crippen LogP contribution in [0.4, 0.5) is 0 Å². The average molecular weight is 545 g/mol. The fourth-order valence-corrected chi connectivity index (χ4v) is 5.54. The molecule has 1 heterocycles. The van der Waals surface area contributed by atoms with Gasteiger partial charge in [0.2, 0.25) is 5.88 Å². The van der Waals surface area contributed by atoms with E-state index in [1.165, 1.54) is 0 Å². The summed E-state index contributed by atoms with van der Waals surface area (Å²) in [6.45, 7) is -2.27. The molecule has 0 saturated heterocycles. The number of methoxy groups -OCH3 is 1. The largest absolute Gasteiger partial charge is 0.481 e. The van der Waals surface area contributed by atoms with Crippen LogP contribution < -0.4 is 10.1 Å². The van der Waals surface area contributed by atoms with Gasteiger partial charge in [0.05, 0.1) is 12.6 Å². The smallest absolute Gasteiger partial charge is 0.217 e. The number of nitrogens with zero attached hydrogens (tertiary/aromatic N) is 1. The highest BCUT2D eigenvalue weighted by molar-refractivity contribution is 9.10. The fourth-order valence-electron chi connectivity index (χ4n) is 5.16. The van der Waals surface area contributed by atoms with Crippen molar-refractivity contribution in [1.82, 2.24) is 10.3 Å². The molecule has 182 valence electrons. The molecule has 5 aromatic rings. The van der Waals surface area contributed by atoms with Crippen molar-refractivity contribution in [2.24, 2.45) is 0 Å². The molecule has 5 rings (SSSR count). The number of pyridine rings is 1. The van der Waals surface area contributed by atoms with Crippen LogP contribution >= 0.6 is 15.9 Å². The second kappa shape index (κ2) is 10.4. The second-order valence-corrected chi connectivity index (χ2v) is 9.81. The maximum Gasteiger partial charge on any atom is 0.217 e. The van der Waals surface area contributed by atoms with Gasteiger partial charge in [0.15, 0.2) is 0 Å². The third-order valence-electron chi connectivity index (χ3n) is 6.77. The summed E-state index contributed by atoms with van der Waals surface area (Å²) in [6.07, 6.45) is 0.124. The average Bonchev–Trinajstić information content (AvgIpc) is 2.92. The van der Waals surface area contributed by atoms with Gasteiger partial charge in [0.25, 0.3) is 0 Å². The molecule has 5 heteroatoms. The first-order valence-corrected chi connectivity index (χ1v) is 12.6. The minimum atomic E-state index is -2.34. The summed E-state index contributed by atoms with van der Waals surface area (Å²) in [7, 11) is 1.58. The number of benzene rings is 4. The molecule has 4 aromatic carbocycles. The summed E-state index contributed by atoms with van der Waals surface area (Å²) in [5, 5.41) is 18.4. The number of fused-ring (bicyclic) bond motifs is 2. The molecule has 2 atom stereocenters. The molecule has 0 saturated carbocycles. The van der Waals surface area contributed by atoms with E-state index in [2.05, 4.69) is 21.2 Å². The Kier molecular flexibility index (Phi) is 6.03. The van der Waals surface area contributed by atoms with Crippen LogP contribution in [0.15, 0.2) is 102 Å². The molecule has 36 heavy (non-hydrogen) atoms. The molecular formula is C31H29BrN2O2. The van der Waals surface area contributed by atoms with E-state index in [4.69, 9.17) is 13.8 Å². The van der Waals surface area contributed by atoms with Gasteiger partial charge in [-0.25, -0.2) is 4.98 Å². The lowest BCUT2D eigenvalue weighted by atomic mass is 9.70.